The molecule has 7 nitrogen and oxygen atoms in total. The molecule has 6 rings (SSSR count). The minimum atomic E-state index is -0.438. The molecule has 0 radical (unpaired) electrons. The summed E-state index contributed by atoms with van der Waals surface area (Å²) in [4.78, 5) is 26.6. The molecule has 1 heterocycles. The van der Waals surface area contributed by atoms with Gasteiger partial charge in [0.05, 0.1) is 12.7 Å². The molecule has 5 aliphatic carbocycles. The van der Waals surface area contributed by atoms with Crippen molar-refractivity contribution in [1.82, 2.24) is 20.3 Å². The van der Waals surface area contributed by atoms with Gasteiger partial charge in [-0.3, -0.25) is 9.59 Å². The van der Waals surface area contributed by atoms with Crippen molar-refractivity contribution in [3.05, 3.63) is 58.2 Å². The molecule has 0 spiro atoms. The van der Waals surface area contributed by atoms with Gasteiger partial charge in [0, 0.05) is 22.4 Å². The summed E-state index contributed by atoms with van der Waals surface area (Å²) in [5.41, 5.74) is 4.44. The van der Waals surface area contributed by atoms with Gasteiger partial charge in [0.2, 0.25) is 11.7 Å². The maximum atomic E-state index is 13.8. The monoisotopic (exact) mass is 572 g/mol. The van der Waals surface area contributed by atoms with Crippen molar-refractivity contribution < 1.29 is 14.7 Å². The zero-order valence-corrected chi connectivity index (χ0v) is 26.7. The fourth-order valence-corrected chi connectivity index (χ4v) is 9.69. The lowest BCUT2D eigenvalue weighted by Gasteiger charge is -2.70. The summed E-state index contributed by atoms with van der Waals surface area (Å²) in [7, 11) is 0. The van der Waals surface area contributed by atoms with E-state index in [2.05, 4.69) is 76.2 Å². The number of carbonyl (C=O) groups is 2. The normalized spacial score (nSPS) is 39.4. The summed E-state index contributed by atoms with van der Waals surface area (Å²) in [6, 6.07) is 0.234. The van der Waals surface area contributed by atoms with Crippen LogP contribution in [0.4, 0.5) is 0 Å². The average molecular weight is 573 g/mol. The molecular weight excluding hydrogens is 524 g/mol. The molecule has 226 valence electrons. The van der Waals surface area contributed by atoms with E-state index >= 15 is 0 Å². The predicted molar refractivity (Wildman–Crippen MR) is 163 cm³/mol. The first kappa shape index (κ1) is 29.1. The minimum absolute atomic E-state index is 0.0187. The Morgan fingerprint density at radius 3 is 2.48 bits per heavy atom. The lowest BCUT2D eigenvalue weighted by molar-refractivity contribution is -0.169. The molecule has 42 heavy (non-hydrogen) atoms. The molecule has 0 aromatic carbocycles. The highest BCUT2D eigenvalue weighted by Crippen LogP contribution is 2.75. The Kier molecular flexibility index (Phi) is 6.43. The van der Waals surface area contributed by atoms with Crippen molar-refractivity contribution in [3.8, 4) is 0 Å². The Bertz CT molecular complexity index is 1490. The van der Waals surface area contributed by atoms with Crippen molar-refractivity contribution in [1.29, 1.82) is 0 Å². The zero-order chi connectivity index (χ0) is 30.5. The van der Waals surface area contributed by atoms with Crippen LogP contribution in [0.15, 0.2) is 52.5 Å². The van der Waals surface area contributed by atoms with Crippen molar-refractivity contribution in [3.63, 3.8) is 0 Å². The first-order valence-corrected chi connectivity index (χ1v) is 15.9. The van der Waals surface area contributed by atoms with E-state index in [1.54, 1.807) is 6.08 Å². The molecule has 0 unspecified atom stereocenters. The van der Waals surface area contributed by atoms with Gasteiger partial charge in [-0.15, -0.1) is 5.10 Å². The first-order valence-electron chi connectivity index (χ1n) is 15.9. The lowest BCUT2D eigenvalue weighted by atomic mass is 9.34. The number of hydrogen-bond acceptors (Lipinski definition) is 5. The number of rotatable bonds is 4. The highest BCUT2D eigenvalue weighted by molar-refractivity contribution is 6.06. The molecule has 0 aliphatic heterocycles. The summed E-state index contributed by atoms with van der Waals surface area (Å²) in [5, 5.41) is 22.1. The fraction of sp³-hybridized carbons (Fsp3) is 0.657. The Balaban J connectivity index is 1.31. The van der Waals surface area contributed by atoms with E-state index in [0.717, 1.165) is 61.8 Å². The third kappa shape index (κ3) is 3.90. The molecule has 2 N–H and O–H groups in total. The van der Waals surface area contributed by atoms with Crippen molar-refractivity contribution in [2.45, 2.75) is 113 Å². The second-order valence-corrected chi connectivity index (χ2v) is 15.6. The summed E-state index contributed by atoms with van der Waals surface area (Å²) in [6.07, 6.45) is 15.1. The van der Waals surface area contributed by atoms with Crippen molar-refractivity contribution in [2.75, 3.05) is 0 Å². The van der Waals surface area contributed by atoms with E-state index in [0.29, 0.717) is 18.0 Å². The third-order valence-corrected chi connectivity index (χ3v) is 12.9. The fourth-order valence-electron chi connectivity index (χ4n) is 9.69. The molecule has 1 amide bonds. The van der Waals surface area contributed by atoms with Crippen LogP contribution in [-0.4, -0.2) is 31.8 Å². The van der Waals surface area contributed by atoms with E-state index < -0.39 is 5.41 Å². The van der Waals surface area contributed by atoms with E-state index in [1.807, 2.05) is 17.8 Å². The number of aliphatic hydroxyl groups excluding tert-OH is 1. The van der Waals surface area contributed by atoms with Gasteiger partial charge >= 0.3 is 0 Å². The molecule has 3 saturated carbocycles. The van der Waals surface area contributed by atoms with E-state index in [1.165, 1.54) is 5.57 Å². The minimum Gasteiger partial charge on any atom is -0.504 e. The average Bonchev–Trinajstić information content (AvgIpc) is 3.43. The molecule has 1 aromatic rings. The van der Waals surface area contributed by atoms with Gasteiger partial charge in [0.15, 0.2) is 5.76 Å². The number of ketones is 1. The lowest BCUT2D eigenvalue weighted by Crippen LogP contribution is -2.62. The molecule has 1 aromatic heterocycles. The van der Waals surface area contributed by atoms with Crippen LogP contribution < -0.4 is 5.32 Å². The van der Waals surface area contributed by atoms with Crippen LogP contribution in [0.5, 0.6) is 0 Å². The number of nitrogens with zero attached hydrogens (tertiary/aromatic N) is 3. The smallest absolute Gasteiger partial charge is 0.226 e. The van der Waals surface area contributed by atoms with Gasteiger partial charge in [-0.25, -0.2) is 4.68 Å². The van der Waals surface area contributed by atoms with Crippen LogP contribution in [0.25, 0.3) is 0 Å². The molecule has 0 saturated heterocycles. The SMILES string of the molecule is CC1=C(O)C(=O)C=C2C1=CC=C1[C@@]2(C)CC[C@@]2(C)[C@@H]3C[C@](C)(C(=O)NCc4cn(C(C)C)nn4)CC[C@]3(C)CC[C@]12C. The van der Waals surface area contributed by atoms with Crippen LogP contribution in [0.1, 0.15) is 112 Å². The second-order valence-electron chi connectivity index (χ2n) is 15.6. The molecule has 7 heteroatoms. The predicted octanol–water partition coefficient (Wildman–Crippen LogP) is 7.10. The number of hydrogen-bond donors (Lipinski definition) is 2. The van der Waals surface area contributed by atoms with Crippen molar-refractivity contribution >= 4 is 11.7 Å². The number of aromatic nitrogens is 3. The Labute approximate surface area is 250 Å². The summed E-state index contributed by atoms with van der Waals surface area (Å²) in [5.74, 6) is 0.115. The van der Waals surface area contributed by atoms with Gasteiger partial charge in [0.1, 0.15) is 5.69 Å². The zero-order valence-electron chi connectivity index (χ0n) is 26.7. The summed E-state index contributed by atoms with van der Waals surface area (Å²) < 4.78 is 1.83. The van der Waals surface area contributed by atoms with Gasteiger partial charge < -0.3 is 10.4 Å². The third-order valence-electron chi connectivity index (χ3n) is 12.9. The number of allylic oxidation sites excluding steroid dienone is 7. The largest absolute Gasteiger partial charge is 0.504 e. The van der Waals surface area contributed by atoms with Crippen LogP contribution in [0.2, 0.25) is 0 Å². The van der Waals surface area contributed by atoms with Crippen molar-refractivity contribution in [2.24, 2.45) is 33.0 Å². The van der Waals surface area contributed by atoms with Gasteiger partial charge in [-0.2, -0.15) is 0 Å². The number of nitrogens with one attached hydrogen (secondary N) is 1. The van der Waals surface area contributed by atoms with E-state index in [9.17, 15) is 14.7 Å². The molecule has 0 bridgehead atoms. The van der Waals surface area contributed by atoms with Crippen LogP contribution in [-0.2, 0) is 16.1 Å². The van der Waals surface area contributed by atoms with Crippen LogP contribution in [0.3, 0.4) is 0 Å². The Hall–Kier alpha value is -2.96. The summed E-state index contributed by atoms with van der Waals surface area (Å²) >= 11 is 0. The maximum Gasteiger partial charge on any atom is 0.226 e. The summed E-state index contributed by atoms with van der Waals surface area (Å²) in [6.45, 7) is 18.3. The van der Waals surface area contributed by atoms with Crippen LogP contribution in [0, 0.1) is 33.0 Å². The van der Waals surface area contributed by atoms with Gasteiger partial charge in [0.25, 0.3) is 0 Å². The number of aliphatic hydroxyl groups is 1. The standard InChI is InChI=1S/C35H48N4O3/c1-21(2)39-20-23(37-38-39)19-36-30(42)32(5)12-11-31(4)13-15-34(7)27-10-9-24-22(3)29(41)26(40)17-25(24)33(27,6)14-16-35(34,8)28(31)18-32/h9-10,17,20-21,28,41H,11-16,18-19H2,1-8H3,(H,36,42)/t28-,31-,32-,33+,34-,35+/m1/s1. The van der Waals surface area contributed by atoms with Gasteiger partial charge in [-0.1, -0.05) is 57.6 Å². The number of carbonyl (C=O) groups excluding carboxylic acids is 2. The maximum absolute atomic E-state index is 13.8. The molecule has 5 aliphatic rings. The highest BCUT2D eigenvalue weighted by atomic mass is 16.3. The number of fused-ring (bicyclic) bond motifs is 7. The molecular formula is C35H48N4O3. The Morgan fingerprint density at radius 2 is 1.79 bits per heavy atom. The van der Waals surface area contributed by atoms with Crippen LogP contribution >= 0.6 is 0 Å². The molecule has 3 fully saturated rings. The van der Waals surface area contributed by atoms with E-state index in [-0.39, 0.29) is 45.2 Å². The highest BCUT2D eigenvalue weighted by Gasteiger charge is 2.67. The topological polar surface area (TPSA) is 97.1 Å². The van der Waals surface area contributed by atoms with Gasteiger partial charge in [-0.05, 0) is 105 Å². The van der Waals surface area contributed by atoms with E-state index in [4.69, 9.17) is 0 Å². The molecule has 6 atom stereocenters. The quantitative estimate of drug-likeness (QED) is 0.401. The first-order chi connectivity index (χ1) is 19.6. The second kappa shape index (κ2) is 9.27. The number of amides is 1. The Morgan fingerprint density at radius 1 is 1.07 bits per heavy atom.